The molecule has 1 N–H and O–H groups in total. The van der Waals surface area contributed by atoms with Gasteiger partial charge in [-0.3, -0.25) is 0 Å². The molecule has 0 aromatic carbocycles. The van der Waals surface area contributed by atoms with E-state index >= 15 is 0 Å². The highest BCUT2D eigenvalue weighted by atomic mass is 14.9. The Hall–Kier alpha value is -0.720. The van der Waals surface area contributed by atoms with Crippen LogP contribution in [0.2, 0.25) is 0 Å². The maximum absolute atomic E-state index is 3.24. The highest BCUT2D eigenvalue weighted by Crippen LogP contribution is 1.98. The predicted molar refractivity (Wildman–Crippen MR) is 46.9 cm³/mol. The Morgan fingerprint density at radius 2 is 2.20 bits per heavy atom. The van der Waals surface area contributed by atoms with Crippen LogP contribution in [0, 0.1) is 0 Å². The topological polar surface area (TPSA) is 12.0 Å². The van der Waals surface area contributed by atoms with Gasteiger partial charge in [-0.05, 0) is 12.5 Å². The van der Waals surface area contributed by atoms with Crippen molar-refractivity contribution in [1.82, 2.24) is 5.32 Å². The summed E-state index contributed by atoms with van der Waals surface area (Å²) in [5, 5.41) is 3.24. The predicted octanol–water partition coefficient (Wildman–Crippen LogP) is 2.47. The van der Waals surface area contributed by atoms with Crippen molar-refractivity contribution >= 4 is 0 Å². The molecule has 1 heterocycles. The molecule has 0 spiro atoms. The maximum atomic E-state index is 3.24. The van der Waals surface area contributed by atoms with Gasteiger partial charge in [-0.2, -0.15) is 0 Å². The lowest BCUT2D eigenvalue weighted by molar-refractivity contribution is 0.832. The van der Waals surface area contributed by atoms with E-state index in [1.165, 1.54) is 5.70 Å². The minimum absolute atomic E-state index is 1.000. The van der Waals surface area contributed by atoms with Crippen molar-refractivity contribution in [3.63, 3.8) is 0 Å². The minimum atomic E-state index is 1.000. The molecule has 0 aromatic rings. The third-order valence-electron chi connectivity index (χ3n) is 1.26. The maximum Gasteiger partial charge on any atom is 0.0330 e. The summed E-state index contributed by atoms with van der Waals surface area (Å²) >= 11 is 0. The van der Waals surface area contributed by atoms with Gasteiger partial charge >= 0.3 is 0 Å². The van der Waals surface area contributed by atoms with E-state index in [1.807, 2.05) is 13.8 Å². The van der Waals surface area contributed by atoms with E-state index in [1.54, 1.807) is 0 Å². The normalized spacial score (nSPS) is 14.5. The Kier molecular flexibility index (Phi) is 5.94. The molecule has 0 saturated carbocycles. The van der Waals surface area contributed by atoms with Gasteiger partial charge in [0.05, 0.1) is 0 Å². The fourth-order valence-corrected chi connectivity index (χ4v) is 0.744. The van der Waals surface area contributed by atoms with Crippen LogP contribution >= 0.6 is 0 Å². The van der Waals surface area contributed by atoms with E-state index in [4.69, 9.17) is 0 Å². The molecule has 0 amide bonds. The Morgan fingerprint density at radius 3 is 2.50 bits per heavy atom. The van der Waals surface area contributed by atoms with E-state index in [0.29, 0.717) is 0 Å². The summed E-state index contributed by atoms with van der Waals surface area (Å²) in [4.78, 5) is 0. The summed E-state index contributed by atoms with van der Waals surface area (Å²) < 4.78 is 0. The quantitative estimate of drug-likeness (QED) is 0.588. The number of allylic oxidation sites excluding steroid dienone is 3. The lowest BCUT2D eigenvalue weighted by Gasteiger charge is -2.07. The SMILES string of the molecule is CC.CCC1=CC=CCN1. The van der Waals surface area contributed by atoms with Gasteiger partial charge in [-0.25, -0.2) is 0 Å². The Bertz CT molecular complexity index is 123. The van der Waals surface area contributed by atoms with Crippen molar-refractivity contribution in [3.8, 4) is 0 Å². The Morgan fingerprint density at radius 1 is 1.50 bits per heavy atom. The second-order valence-corrected chi connectivity index (χ2v) is 1.85. The highest BCUT2D eigenvalue weighted by molar-refractivity contribution is 5.15. The molecule has 58 valence electrons. The van der Waals surface area contributed by atoms with Crippen LogP contribution in [-0.4, -0.2) is 6.54 Å². The molecule has 0 aliphatic carbocycles. The van der Waals surface area contributed by atoms with Gasteiger partial charge < -0.3 is 5.32 Å². The van der Waals surface area contributed by atoms with E-state index in [-0.39, 0.29) is 0 Å². The van der Waals surface area contributed by atoms with Crippen LogP contribution in [-0.2, 0) is 0 Å². The average Bonchev–Trinajstić information content (AvgIpc) is 2.10. The van der Waals surface area contributed by atoms with Crippen LogP contribution in [0.5, 0.6) is 0 Å². The second-order valence-electron chi connectivity index (χ2n) is 1.85. The lowest BCUT2D eigenvalue weighted by atomic mass is 10.2. The zero-order chi connectivity index (χ0) is 7.82. The van der Waals surface area contributed by atoms with E-state index in [2.05, 4.69) is 30.5 Å². The van der Waals surface area contributed by atoms with Gasteiger partial charge in [-0.1, -0.05) is 32.9 Å². The van der Waals surface area contributed by atoms with Gasteiger partial charge in [0.15, 0.2) is 0 Å². The molecular weight excluding hydrogens is 122 g/mol. The number of hydrogen-bond donors (Lipinski definition) is 1. The molecule has 0 fully saturated rings. The van der Waals surface area contributed by atoms with Crippen LogP contribution in [0.4, 0.5) is 0 Å². The summed E-state index contributed by atoms with van der Waals surface area (Å²) in [6.45, 7) is 7.15. The molecule has 10 heavy (non-hydrogen) atoms. The average molecular weight is 139 g/mol. The van der Waals surface area contributed by atoms with Crippen LogP contribution in [0.15, 0.2) is 23.9 Å². The van der Waals surface area contributed by atoms with E-state index in [0.717, 1.165) is 13.0 Å². The van der Waals surface area contributed by atoms with Crippen molar-refractivity contribution in [2.75, 3.05) is 6.54 Å². The molecule has 1 nitrogen and oxygen atoms in total. The summed E-state index contributed by atoms with van der Waals surface area (Å²) in [5.41, 5.74) is 1.34. The molecule has 0 aromatic heterocycles. The van der Waals surface area contributed by atoms with Crippen molar-refractivity contribution in [1.29, 1.82) is 0 Å². The largest absolute Gasteiger partial charge is 0.385 e. The zero-order valence-electron chi connectivity index (χ0n) is 7.15. The third-order valence-corrected chi connectivity index (χ3v) is 1.26. The molecule has 1 rings (SSSR count). The molecule has 1 aliphatic rings. The van der Waals surface area contributed by atoms with E-state index < -0.39 is 0 Å². The molecule has 0 bridgehead atoms. The van der Waals surface area contributed by atoms with Gasteiger partial charge in [0.25, 0.3) is 0 Å². The molecule has 0 atom stereocenters. The van der Waals surface area contributed by atoms with Gasteiger partial charge in [-0.15, -0.1) is 0 Å². The first-order valence-electron chi connectivity index (χ1n) is 4.03. The van der Waals surface area contributed by atoms with Crippen LogP contribution < -0.4 is 5.32 Å². The molecular formula is C9H17N. The Balaban J connectivity index is 0.000000371. The van der Waals surface area contributed by atoms with Crippen molar-refractivity contribution in [3.05, 3.63) is 23.9 Å². The number of nitrogens with one attached hydrogen (secondary N) is 1. The van der Waals surface area contributed by atoms with Crippen LogP contribution in [0.1, 0.15) is 27.2 Å². The summed E-state index contributed by atoms with van der Waals surface area (Å²) in [7, 11) is 0. The van der Waals surface area contributed by atoms with Gasteiger partial charge in [0.1, 0.15) is 0 Å². The fourth-order valence-electron chi connectivity index (χ4n) is 0.744. The molecule has 0 unspecified atom stereocenters. The molecule has 0 radical (unpaired) electrons. The third kappa shape index (κ3) is 3.33. The summed E-state index contributed by atoms with van der Waals surface area (Å²) in [6, 6.07) is 0. The summed E-state index contributed by atoms with van der Waals surface area (Å²) in [5.74, 6) is 0. The van der Waals surface area contributed by atoms with Crippen molar-refractivity contribution in [2.24, 2.45) is 0 Å². The number of hydrogen-bond acceptors (Lipinski definition) is 1. The van der Waals surface area contributed by atoms with Crippen molar-refractivity contribution in [2.45, 2.75) is 27.2 Å². The monoisotopic (exact) mass is 139 g/mol. The standard InChI is InChI=1S/C7H11N.C2H6/c1-2-7-5-3-4-6-8-7;1-2/h3-5,8H,2,6H2,1H3;1-2H3. The van der Waals surface area contributed by atoms with E-state index in [9.17, 15) is 0 Å². The Labute approximate surface area is 63.8 Å². The lowest BCUT2D eigenvalue weighted by Crippen LogP contribution is -2.14. The second kappa shape index (κ2) is 6.40. The van der Waals surface area contributed by atoms with Gasteiger partial charge in [0, 0.05) is 12.2 Å². The van der Waals surface area contributed by atoms with Crippen molar-refractivity contribution < 1.29 is 0 Å². The molecule has 1 heteroatoms. The van der Waals surface area contributed by atoms with Gasteiger partial charge in [0.2, 0.25) is 0 Å². The van der Waals surface area contributed by atoms with Crippen LogP contribution in [0.25, 0.3) is 0 Å². The summed E-state index contributed by atoms with van der Waals surface area (Å²) in [6.07, 6.45) is 7.43. The number of dihydropyridines is 1. The fraction of sp³-hybridized carbons (Fsp3) is 0.556. The first-order valence-corrected chi connectivity index (χ1v) is 4.03. The number of rotatable bonds is 1. The molecule has 0 saturated heterocycles. The highest BCUT2D eigenvalue weighted by Gasteiger charge is 1.90. The first kappa shape index (κ1) is 9.28. The molecule has 1 aliphatic heterocycles. The first-order chi connectivity index (χ1) is 4.93. The minimum Gasteiger partial charge on any atom is -0.385 e. The zero-order valence-corrected chi connectivity index (χ0v) is 7.15. The smallest absolute Gasteiger partial charge is 0.0330 e. The van der Waals surface area contributed by atoms with Crippen LogP contribution in [0.3, 0.4) is 0 Å².